The van der Waals surface area contributed by atoms with Gasteiger partial charge >= 0.3 is 0 Å². The van der Waals surface area contributed by atoms with Gasteiger partial charge in [0.05, 0.1) is 5.54 Å². The number of nitrogens with zero attached hydrogens (tertiary/aromatic N) is 3. The molecular formula is C67H68BN3. The number of fused-ring (bicyclic) bond motifs is 7. The minimum atomic E-state index is -0.139. The Morgan fingerprint density at radius 3 is 1.52 bits per heavy atom. The Morgan fingerprint density at radius 2 is 0.901 bits per heavy atom. The number of benzene rings is 8. The lowest BCUT2D eigenvalue weighted by Crippen LogP contribution is -2.61. The highest BCUT2D eigenvalue weighted by Gasteiger charge is 2.60. The molecule has 0 N–H and O–H groups in total. The van der Waals surface area contributed by atoms with Crippen LogP contribution in [0.1, 0.15) is 118 Å². The zero-order chi connectivity index (χ0) is 49.4. The maximum Gasteiger partial charge on any atom is 0.252 e. The highest BCUT2D eigenvalue weighted by molar-refractivity contribution is 7.00. The number of hydrogen-bond acceptors (Lipinski definition) is 3. The molecule has 2 atom stereocenters. The zero-order valence-electron chi connectivity index (χ0n) is 43.8. The topological polar surface area (TPSA) is 9.72 Å². The van der Waals surface area contributed by atoms with Crippen LogP contribution in [-0.2, 0) is 21.7 Å². The van der Waals surface area contributed by atoms with Gasteiger partial charge in [0.1, 0.15) is 0 Å². The van der Waals surface area contributed by atoms with Crippen molar-refractivity contribution in [2.24, 2.45) is 0 Å². The minimum Gasteiger partial charge on any atom is -0.334 e. The summed E-state index contributed by atoms with van der Waals surface area (Å²) in [6, 6.07) is 67.8. The van der Waals surface area contributed by atoms with Gasteiger partial charge in [-0.3, -0.25) is 0 Å². The smallest absolute Gasteiger partial charge is 0.252 e. The van der Waals surface area contributed by atoms with Crippen LogP contribution < -0.4 is 31.1 Å². The third kappa shape index (κ3) is 7.06. The molecule has 354 valence electrons. The molecule has 1 fully saturated rings. The standard InChI is InChI=1S/C67H68BN3/c1-63(2,3)48-26-19-28-52(39-48)70-59-41-50(65(7,8)9)30-33-56(59)68-55-32-29-47(45-23-16-13-17-24-45)38-58(55)69(51-27-18-25-46(37-51)44-21-14-12-15-22-44)60-42-53(43-61(70)62(60)68)71-57-34-31-49(64(4,5)6)40-54(57)66(10)35-20-36-67(66,71)11/h12-19,21-34,37-43H,20,35-36H2,1-11H3. The highest BCUT2D eigenvalue weighted by Crippen LogP contribution is 2.63. The molecule has 1 aliphatic carbocycles. The molecule has 71 heavy (non-hydrogen) atoms. The Labute approximate surface area is 424 Å². The van der Waals surface area contributed by atoms with Crippen LogP contribution in [-0.4, -0.2) is 12.3 Å². The first kappa shape index (κ1) is 45.4. The average molecular weight is 926 g/mol. The molecule has 0 amide bonds. The highest BCUT2D eigenvalue weighted by atomic mass is 15.3. The summed E-state index contributed by atoms with van der Waals surface area (Å²) >= 11 is 0. The van der Waals surface area contributed by atoms with Gasteiger partial charge in [-0.2, -0.15) is 0 Å². The molecule has 3 aliphatic heterocycles. The summed E-state index contributed by atoms with van der Waals surface area (Å²) in [5.41, 5.74) is 24.1. The molecular weight excluding hydrogens is 858 g/mol. The molecule has 8 aromatic carbocycles. The van der Waals surface area contributed by atoms with Gasteiger partial charge in [0.25, 0.3) is 6.71 Å². The molecule has 3 heterocycles. The van der Waals surface area contributed by atoms with Gasteiger partial charge < -0.3 is 14.7 Å². The van der Waals surface area contributed by atoms with E-state index in [2.05, 4.69) is 267 Å². The first-order valence-electron chi connectivity index (χ1n) is 26.2. The van der Waals surface area contributed by atoms with Gasteiger partial charge in [-0.25, -0.2) is 0 Å². The van der Waals surface area contributed by atoms with E-state index < -0.39 is 0 Å². The van der Waals surface area contributed by atoms with E-state index >= 15 is 0 Å². The molecule has 3 nitrogen and oxygen atoms in total. The Kier molecular flexibility index (Phi) is 10.1. The van der Waals surface area contributed by atoms with Crippen LogP contribution in [0.5, 0.6) is 0 Å². The fourth-order valence-corrected chi connectivity index (χ4v) is 12.9. The molecule has 2 unspecified atom stereocenters. The molecule has 0 radical (unpaired) electrons. The maximum atomic E-state index is 2.80. The summed E-state index contributed by atoms with van der Waals surface area (Å²) in [5, 5.41) is 0. The van der Waals surface area contributed by atoms with Gasteiger partial charge in [0.15, 0.2) is 0 Å². The van der Waals surface area contributed by atoms with E-state index in [0.717, 1.165) is 12.1 Å². The van der Waals surface area contributed by atoms with Crippen molar-refractivity contribution in [3.05, 3.63) is 198 Å². The van der Waals surface area contributed by atoms with Crippen molar-refractivity contribution in [1.29, 1.82) is 0 Å². The molecule has 0 spiro atoms. The van der Waals surface area contributed by atoms with E-state index in [1.165, 1.54) is 114 Å². The summed E-state index contributed by atoms with van der Waals surface area (Å²) < 4.78 is 0. The van der Waals surface area contributed by atoms with Gasteiger partial charge in [-0.1, -0.05) is 197 Å². The number of anilines is 8. The lowest BCUT2D eigenvalue weighted by molar-refractivity contribution is 0.330. The van der Waals surface area contributed by atoms with Crippen LogP contribution in [0.25, 0.3) is 22.3 Å². The number of rotatable bonds is 5. The van der Waals surface area contributed by atoms with E-state index in [1.54, 1.807) is 0 Å². The van der Waals surface area contributed by atoms with Crippen molar-refractivity contribution in [1.82, 2.24) is 0 Å². The molecule has 0 saturated heterocycles. The van der Waals surface area contributed by atoms with E-state index in [4.69, 9.17) is 0 Å². The van der Waals surface area contributed by atoms with Crippen LogP contribution in [0.2, 0.25) is 0 Å². The van der Waals surface area contributed by atoms with Crippen molar-refractivity contribution < 1.29 is 0 Å². The van der Waals surface area contributed by atoms with E-state index in [9.17, 15) is 0 Å². The summed E-state index contributed by atoms with van der Waals surface area (Å²) in [4.78, 5) is 8.07. The third-order valence-electron chi connectivity index (χ3n) is 17.2. The summed E-state index contributed by atoms with van der Waals surface area (Å²) in [6.07, 6.45) is 3.49. The predicted molar refractivity (Wildman–Crippen MR) is 306 cm³/mol. The van der Waals surface area contributed by atoms with Crippen LogP contribution in [0.15, 0.2) is 176 Å². The molecule has 4 aliphatic rings. The van der Waals surface area contributed by atoms with Crippen LogP contribution in [0.4, 0.5) is 45.5 Å². The Hall–Kier alpha value is -6.78. The maximum absolute atomic E-state index is 2.80. The number of hydrogen-bond donors (Lipinski definition) is 0. The fourth-order valence-electron chi connectivity index (χ4n) is 12.9. The van der Waals surface area contributed by atoms with Crippen molar-refractivity contribution >= 4 is 68.6 Å². The predicted octanol–water partition coefficient (Wildman–Crippen LogP) is 16.3. The second-order valence-electron chi connectivity index (χ2n) is 24.7. The fraction of sp³-hybridized carbons (Fsp3) is 0.284. The normalized spacial score (nSPS) is 19.0. The molecule has 0 bridgehead atoms. The lowest BCUT2D eigenvalue weighted by atomic mass is 9.33. The molecule has 1 saturated carbocycles. The van der Waals surface area contributed by atoms with Gasteiger partial charge in [-0.05, 0) is 152 Å². The molecule has 12 rings (SSSR count). The summed E-state index contributed by atoms with van der Waals surface area (Å²) in [6.45, 7) is 26.3. The largest absolute Gasteiger partial charge is 0.334 e. The average Bonchev–Trinajstić information content (AvgIpc) is 3.76. The molecule has 0 aromatic heterocycles. The Balaban J connectivity index is 1.21. The van der Waals surface area contributed by atoms with Gasteiger partial charge in [0.2, 0.25) is 0 Å². The van der Waals surface area contributed by atoms with E-state index in [-0.39, 0.29) is 33.9 Å². The van der Waals surface area contributed by atoms with Crippen molar-refractivity contribution in [2.75, 3.05) is 14.7 Å². The van der Waals surface area contributed by atoms with E-state index in [0.29, 0.717) is 0 Å². The first-order chi connectivity index (χ1) is 33.8. The summed E-state index contributed by atoms with van der Waals surface area (Å²) in [7, 11) is 0. The van der Waals surface area contributed by atoms with Gasteiger partial charge in [-0.15, -0.1) is 0 Å². The second kappa shape index (κ2) is 15.9. The van der Waals surface area contributed by atoms with Gasteiger partial charge in [0, 0.05) is 50.9 Å². The Morgan fingerprint density at radius 1 is 0.394 bits per heavy atom. The zero-order valence-corrected chi connectivity index (χ0v) is 43.8. The first-order valence-corrected chi connectivity index (χ1v) is 26.2. The SMILES string of the molecule is CC(C)(C)c1cccc(N2c3cc(C(C)(C)C)ccc3B3c4ccc(-c5ccccc5)cc4N(c4cccc(-c5ccccc5)c4)c4cc(N5c6ccc(C(C)(C)C)cc6C6(C)CCCC56C)cc2c43)c1. The van der Waals surface area contributed by atoms with Crippen molar-refractivity contribution in [2.45, 2.75) is 123 Å². The third-order valence-corrected chi connectivity index (χ3v) is 17.2. The molecule has 8 aromatic rings. The minimum absolute atomic E-state index is 0.0129. The Bertz CT molecular complexity index is 3410. The van der Waals surface area contributed by atoms with Crippen molar-refractivity contribution in [3.8, 4) is 22.3 Å². The van der Waals surface area contributed by atoms with Crippen LogP contribution >= 0.6 is 0 Å². The molecule has 4 heteroatoms. The second-order valence-corrected chi connectivity index (χ2v) is 24.7. The monoisotopic (exact) mass is 926 g/mol. The van der Waals surface area contributed by atoms with E-state index in [1.807, 2.05) is 0 Å². The summed E-state index contributed by atoms with van der Waals surface area (Å²) in [5.74, 6) is 0. The van der Waals surface area contributed by atoms with Crippen LogP contribution in [0.3, 0.4) is 0 Å². The van der Waals surface area contributed by atoms with Crippen LogP contribution in [0, 0.1) is 0 Å². The van der Waals surface area contributed by atoms with Crippen molar-refractivity contribution in [3.63, 3.8) is 0 Å². The lowest BCUT2D eigenvalue weighted by Gasteiger charge is -2.47. The quantitative estimate of drug-likeness (QED) is 0.159.